The van der Waals surface area contributed by atoms with Gasteiger partial charge in [0.05, 0.1) is 23.0 Å². The molecule has 0 aromatic carbocycles. The lowest BCUT2D eigenvalue weighted by Gasteiger charge is -2.42. The Bertz CT molecular complexity index is 1170. The molecule has 1 amide bonds. The van der Waals surface area contributed by atoms with Crippen LogP contribution in [0.25, 0.3) is 0 Å². The van der Waals surface area contributed by atoms with Gasteiger partial charge in [-0.05, 0) is 49.8 Å². The summed E-state index contributed by atoms with van der Waals surface area (Å²) >= 11 is 0. The first-order valence-corrected chi connectivity index (χ1v) is 11.8. The Morgan fingerprint density at radius 3 is 2.79 bits per heavy atom. The fourth-order valence-corrected chi connectivity index (χ4v) is 4.74. The van der Waals surface area contributed by atoms with Crippen molar-refractivity contribution < 1.29 is 9.53 Å². The lowest BCUT2D eigenvalue weighted by Crippen LogP contribution is -2.57. The van der Waals surface area contributed by atoms with E-state index >= 15 is 0 Å². The van der Waals surface area contributed by atoms with Crippen LogP contribution < -0.4 is 10.2 Å². The van der Waals surface area contributed by atoms with Gasteiger partial charge < -0.3 is 19.9 Å². The molecule has 2 aromatic rings. The van der Waals surface area contributed by atoms with Crippen LogP contribution in [-0.4, -0.2) is 60.2 Å². The third-order valence-electron chi connectivity index (χ3n) is 6.78. The van der Waals surface area contributed by atoms with Gasteiger partial charge >= 0.3 is 0 Å². The maximum atomic E-state index is 12.6. The molecule has 1 atom stereocenters. The second-order valence-electron chi connectivity index (χ2n) is 9.25. The molecule has 2 saturated carbocycles. The van der Waals surface area contributed by atoms with Gasteiger partial charge in [-0.15, -0.1) is 6.42 Å². The number of hydrogen-bond acceptors (Lipinski definition) is 7. The molecule has 34 heavy (non-hydrogen) atoms. The Morgan fingerprint density at radius 1 is 1.29 bits per heavy atom. The summed E-state index contributed by atoms with van der Waals surface area (Å²) in [5.41, 5.74) is 3.02. The van der Waals surface area contributed by atoms with Gasteiger partial charge in [-0.2, -0.15) is 5.26 Å². The first-order valence-electron chi connectivity index (χ1n) is 11.8. The number of carbonyl (C=O) groups excluding carboxylic acids is 1. The lowest BCUT2D eigenvalue weighted by atomic mass is 10.1. The second kappa shape index (κ2) is 9.32. The van der Waals surface area contributed by atoms with Crippen molar-refractivity contribution in [1.29, 1.82) is 5.26 Å². The van der Waals surface area contributed by atoms with Crippen LogP contribution in [0.5, 0.6) is 0 Å². The Labute approximate surface area is 199 Å². The van der Waals surface area contributed by atoms with Crippen molar-refractivity contribution in [2.45, 2.75) is 37.6 Å². The number of nitrogens with zero attached hydrogens (tertiary/aromatic N) is 5. The van der Waals surface area contributed by atoms with Crippen molar-refractivity contribution in [2.24, 2.45) is 5.92 Å². The number of amides is 1. The Hall–Kier alpha value is -3.62. The highest BCUT2D eigenvalue weighted by atomic mass is 16.5. The summed E-state index contributed by atoms with van der Waals surface area (Å²) in [5, 5.41) is 13.3. The van der Waals surface area contributed by atoms with Gasteiger partial charge in [0, 0.05) is 44.4 Å². The lowest BCUT2D eigenvalue weighted by molar-refractivity contribution is -0.138. The third kappa shape index (κ3) is 4.55. The second-order valence-corrected chi connectivity index (χ2v) is 9.25. The summed E-state index contributed by atoms with van der Waals surface area (Å²) in [5.74, 6) is 4.88. The molecule has 0 spiro atoms. The highest BCUT2D eigenvalue weighted by molar-refractivity contribution is 5.78. The van der Waals surface area contributed by atoms with E-state index in [1.54, 1.807) is 19.4 Å². The minimum absolute atomic E-state index is 0.0347. The summed E-state index contributed by atoms with van der Waals surface area (Å²) in [6, 6.07) is 7.95. The van der Waals surface area contributed by atoms with Crippen molar-refractivity contribution >= 4 is 23.2 Å². The molecule has 0 bridgehead atoms. The van der Waals surface area contributed by atoms with E-state index in [2.05, 4.69) is 27.2 Å². The molecule has 5 rings (SSSR count). The van der Waals surface area contributed by atoms with Crippen LogP contribution >= 0.6 is 0 Å². The number of nitriles is 1. The number of piperazine rings is 1. The molecule has 3 fully saturated rings. The number of terminal acetylenes is 1. The molecular formula is C26H28N6O2. The third-order valence-corrected chi connectivity index (χ3v) is 6.78. The molecule has 3 aliphatic rings. The van der Waals surface area contributed by atoms with Crippen molar-refractivity contribution in [3.05, 3.63) is 41.2 Å². The number of methoxy groups -OCH3 is 1. The maximum absolute atomic E-state index is 12.6. The normalized spacial score (nSPS) is 19.9. The number of nitrogens with one attached hydrogen (secondary N) is 1. The molecule has 2 aromatic heterocycles. The number of aromatic nitrogens is 2. The molecule has 1 saturated heterocycles. The van der Waals surface area contributed by atoms with Crippen LogP contribution in [-0.2, 0) is 9.53 Å². The van der Waals surface area contributed by atoms with Crippen LogP contribution in [0.2, 0.25) is 0 Å². The zero-order valence-corrected chi connectivity index (χ0v) is 19.3. The average molecular weight is 457 g/mol. The van der Waals surface area contributed by atoms with E-state index in [0.29, 0.717) is 48.7 Å². The monoisotopic (exact) mass is 456 g/mol. The summed E-state index contributed by atoms with van der Waals surface area (Å²) in [6.07, 6.45) is 11.6. The van der Waals surface area contributed by atoms with Gasteiger partial charge in [-0.3, -0.25) is 4.79 Å². The topological polar surface area (TPSA) is 94.4 Å². The molecule has 0 radical (unpaired) electrons. The molecule has 0 unspecified atom stereocenters. The average Bonchev–Trinajstić information content (AvgIpc) is 3.77. The standard InChI is InChI=1S/C26H28N6O2/c1-3-17-8-9-28-23(12-17)29-21-13-20(14-27)26(30-25(21)19-6-7-19)31-10-11-32(24(33)16-34-2)22(15-31)18-4-5-18/h1,8-9,12-13,18-19,22H,4-7,10-11,15-16H2,2H3,(H,28,29)/t22-/m0/s1. The largest absolute Gasteiger partial charge is 0.375 e. The zero-order chi connectivity index (χ0) is 23.7. The molecule has 2 aliphatic carbocycles. The molecule has 8 heteroatoms. The highest BCUT2D eigenvalue weighted by Gasteiger charge is 2.41. The molecule has 1 aliphatic heterocycles. The van der Waals surface area contributed by atoms with E-state index in [1.807, 2.05) is 17.0 Å². The molecule has 174 valence electrons. The molecule has 8 nitrogen and oxygen atoms in total. The van der Waals surface area contributed by atoms with Gasteiger partial charge in [-0.1, -0.05) is 5.92 Å². The minimum atomic E-state index is 0.0347. The predicted molar refractivity (Wildman–Crippen MR) is 129 cm³/mol. The molecule has 3 heterocycles. The number of pyridine rings is 2. The summed E-state index contributed by atoms with van der Waals surface area (Å²) in [7, 11) is 1.55. The predicted octanol–water partition coefficient (Wildman–Crippen LogP) is 3.02. The van der Waals surface area contributed by atoms with Gasteiger partial charge in [0.15, 0.2) is 0 Å². The smallest absolute Gasteiger partial charge is 0.248 e. The maximum Gasteiger partial charge on any atom is 0.248 e. The first-order chi connectivity index (χ1) is 16.6. The minimum Gasteiger partial charge on any atom is -0.375 e. The van der Waals surface area contributed by atoms with E-state index in [1.165, 1.54) is 0 Å². The summed E-state index contributed by atoms with van der Waals surface area (Å²) in [6.45, 7) is 2.04. The fourth-order valence-electron chi connectivity index (χ4n) is 4.74. The van der Waals surface area contributed by atoms with Crippen LogP contribution in [0.1, 0.15) is 48.4 Å². The van der Waals surface area contributed by atoms with Crippen LogP contribution in [0.15, 0.2) is 24.4 Å². The number of ether oxygens (including phenoxy) is 1. The Balaban J connectivity index is 1.44. The molecular weight excluding hydrogens is 428 g/mol. The Kier molecular flexibility index (Phi) is 6.08. The SMILES string of the molecule is C#Cc1ccnc(Nc2cc(C#N)c(N3CCN(C(=O)COC)[C@H](C4CC4)C3)nc2C2CC2)c1. The van der Waals surface area contributed by atoms with E-state index in [-0.39, 0.29) is 18.6 Å². The zero-order valence-electron chi connectivity index (χ0n) is 19.3. The van der Waals surface area contributed by atoms with Crippen molar-refractivity contribution in [2.75, 3.05) is 43.6 Å². The van der Waals surface area contributed by atoms with Gasteiger partial charge in [0.1, 0.15) is 24.3 Å². The first kappa shape index (κ1) is 22.2. The van der Waals surface area contributed by atoms with Crippen molar-refractivity contribution in [3.8, 4) is 18.4 Å². The van der Waals surface area contributed by atoms with E-state index in [9.17, 15) is 10.1 Å². The van der Waals surface area contributed by atoms with Gasteiger partial charge in [0.25, 0.3) is 0 Å². The van der Waals surface area contributed by atoms with E-state index in [0.717, 1.165) is 42.6 Å². The van der Waals surface area contributed by atoms with Crippen molar-refractivity contribution in [1.82, 2.24) is 14.9 Å². The van der Waals surface area contributed by atoms with Crippen LogP contribution in [0.4, 0.5) is 17.3 Å². The number of rotatable bonds is 7. The van der Waals surface area contributed by atoms with E-state index < -0.39 is 0 Å². The highest BCUT2D eigenvalue weighted by Crippen LogP contribution is 2.45. The number of hydrogen-bond donors (Lipinski definition) is 1. The number of carbonyl (C=O) groups is 1. The fraction of sp³-hybridized carbons (Fsp3) is 0.462. The van der Waals surface area contributed by atoms with Crippen LogP contribution in [0, 0.1) is 29.6 Å². The molecule has 1 N–H and O–H groups in total. The Morgan fingerprint density at radius 2 is 2.12 bits per heavy atom. The number of anilines is 3. The summed E-state index contributed by atoms with van der Waals surface area (Å²) < 4.78 is 5.10. The van der Waals surface area contributed by atoms with Gasteiger partial charge in [0.2, 0.25) is 5.91 Å². The summed E-state index contributed by atoms with van der Waals surface area (Å²) in [4.78, 5) is 26.2. The van der Waals surface area contributed by atoms with Crippen LogP contribution in [0.3, 0.4) is 0 Å². The van der Waals surface area contributed by atoms with E-state index in [4.69, 9.17) is 16.1 Å². The van der Waals surface area contributed by atoms with Crippen molar-refractivity contribution in [3.63, 3.8) is 0 Å². The quantitative estimate of drug-likeness (QED) is 0.640. The van der Waals surface area contributed by atoms with Gasteiger partial charge in [-0.25, -0.2) is 9.97 Å².